The highest BCUT2D eigenvalue weighted by Gasteiger charge is 2.30. The van der Waals surface area contributed by atoms with E-state index in [1.165, 1.54) is 45.6 Å². The fraction of sp³-hybridized carbons (Fsp3) is 0.929. The molecule has 0 amide bonds. The summed E-state index contributed by atoms with van der Waals surface area (Å²) in [5.41, 5.74) is 5.18. The van der Waals surface area contributed by atoms with Crippen LogP contribution >= 0.6 is 0 Å². The molecule has 1 atom stereocenters. The minimum atomic E-state index is -0.634. The molecule has 1 unspecified atom stereocenters. The van der Waals surface area contributed by atoms with E-state index in [0.29, 0.717) is 0 Å². The molecule has 1 saturated carbocycles. The Morgan fingerprint density at radius 3 is 2.44 bits per heavy atom. The maximum Gasteiger partial charge on any atom is 0.101 e. The number of unbranched alkanes of at least 4 members (excludes halogenated alkanes) is 1. The molecule has 2 aliphatic rings. The molecule has 102 valence electrons. The first-order valence-electron chi connectivity index (χ1n) is 7.27. The predicted octanol–water partition coefficient (Wildman–Crippen LogP) is 1.18. The smallest absolute Gasteiger partial charge is 0.101 e. The third-order valence-corrected chi connectivity index (χ3v) is 4.15. The summed E-state index contributed by atoms with van der Waals surface area (Å²) in [6.45, 7) is 7.92. The van der Waals surface area contributed by atoms with Gasteiger partial charge in [-0.1, -0.05) is 0 Å². The van der Waals surface area contributed by atoms with Crippen LogP contribution < -0.4 is 5.73 Å². The number of piperazine rings is 1. The lowest BCUT2D eigenvalue weighted by atomic mass is 9.98. The van der Waals surface area contributed by atoms with Crippen molar-refractivity contribution >= 4 is 0 Å². The molecule has 2 fully saturated rings. The monoisotopic (exact) mass is 250 g/mol. The topological polar surface area (TPSA) is 56.3 Å². The zero-order chi connectivity index (χ0) is 13.0. The highest BCUT2D eigenvalue weighted by molar-refractivity contribution is 5.00. The molecule has 4 heteroatoms. The normalized spacial score (nSPS) is 25.6. The lowest BCUT2D eigenvalue weighted by Crippen LogP contribution is -2.47. The van der Waals surface area contributed by atoms with Crippen molar-refractivity contribution in [1.82, 2.24) is 9.80 Å². The van der Waals surface area contributed by atoms with Crippen molar-refractivity contribution in [1.29, 1.82) is 5.26 Å². The first kappa shape index (κ1) is 13.8. The molecule has 1 saturated heterocycles. The van der Waals surface area contributed by atoms with Crippen LogP contribution in [0.15, 0.2) is 0 Å². The van der Waals surface area contributed by atoms with Gasteiger partial charge in [0, 0.05) is 32.2 Å². The minimum absolute atomic E-state index is 0.634. The van der Waals surface area contributed by atoms with Crippen LogP contribution in [0.5, 0.6) is 0 Å². The predicted molar refractivity (Wildman–Crippen MR) is 73.1 cm³/mol. The molecule has 0 bridgehead atoms. The SMILES string of the molecule is CC(N)(C#N)CCCCN1CCN(C2CC2)CC1. The van der Waals surface area contributed by atoms with Gasteiger partial charge in [-0.25, -0.2) is 0 Å². The largest absolute Gasteiger partial charge is 0.314 e. The summed E-state index contributed by atoms with van der Waals surface area (Å²) >= 11 is 0. The van der Waals surface area contributed by atoms with Crippen LogP contribution in [0.3, 0.4) is 0 Å². The van der Waals surface area contributed by atoms with Crippen LogP contribution in [0.1, 0.15) is 39.0 Å². The average molecular weight is 250 g/mol. The van der Waals surface area contributed by atoms with E-state index in [4.69, 9.17) is 11.0 Å². The van der Waals surface area contributed by atoms with E-state index in [-0.39, 0.29) is 0 Å². The Morgan fingerprint density at radius 2 is 1.89 bits per heavy atom. The van der Waals surface area contributed by atoms with Gasteiger partial charge in [-0.2, -0.15) is 5.26 Å². The second kappa shape index (κ2) is 6.01. The van der Waals surface area contributed by atoms with Gasteiger partial charge in [-0.3, -0.25) is 4.90 Å². The lowest BCUT2D eigenvalue weighted by Gasteiger charge is -2.34. The highest BCUT2D eigenvalue weighted by Crippen LogP contribution is 2.27. The maximum atomic E-state index is 8.84. The van der Waals surface area contributed by atoms with Gasteiger partial charge in [-0.05, 0) is 45.6 Å². The van der Waals surface area contributed by atoms with Crippen LogP contribution in [0.4, 0.5) is 0 Å². The van der Waals surface area contributed by atoms with E-state index in [1.807, 2.05) is 6.92 Å². The Balaban J connectivity index is 1.54. The number of hydrogen-bond donors (Lipinski definition) is 1. The zero-order valence-electron chi connectivity index (χ0n) is 11.6. The second-order valence-corrected chi connectivity index (χ2v) is 6.10. The quantitative estimate of drug-likeness (QED) is 0.719. The van der Waals surface area contributed by atoms with Crippen molar-refractivity contribution in [2.45, 2.75) is 50.6 Å². The summed E-state index contributed by atoms with van der Waals surface area (Å²) in [4.78, 5) is 5.20. The van der Waals surface area contributed by atoms with Crippen LogP contribution in [0.25, 0.3) is 0 Å². The van der Waals surface area contributed by atoms with E-state index in [1.54, 1.807) is 0 Å². The molecular formula is C14H26N4. The second-order valence-electron chi connectivity index (χ2n) is 6.10. The maximum absolute atomic E-state index is 8.84. The van der Waals surface area contributed by atoms with Crippen LogP contribution in [-0.2, 0) is 0 Å². The van der Waals surface area contributed by atoms with Crippen LogP contribution in [-0.4, -0.2) is 54.1 Å². The fourth-order valence-corrected chi connectivity index (χ4v) is 2.68. The minimum Gasteiger partial charge on any atom is -0.314 e. The van der Waals surface area contributed by atoms with E-state index in [0.717, 1.165) is 25.3 Å². The molecule has 0 aromatic rings. The Bertz CT molecular complexity index is 295. The van der Waals surface area contributed by atoms with Gasteiger partial charge in [0.05, 0.1) is 6.07 Å². The van der Waals surface area contributed by atoms with Gasteiger partial charge in [-0.15, -0.1) is 0 Å². The van der Waals surface area contributed by atoms with Gasteiger partial charge >= 0.3 is 0 Å². The number of nitrogens with two attached hydrogens (primary N) is 1. The molecule has 2 rings (SSSR count). The molecule has 0 aromatic heterocycles. The van der Waals surface area contributed by atoms with Crippen LogP contribution in [0.2, 0.25) is 0 Å². The third kappa shape index (κ3) is 4.24. The molecule has 0 aromatic carbocycles. The van der Waals surface area contributed by atoms with E-state index in [2.05, 4.69) is 15.9 Å². The Kier molecular flexibility index (Phi) is 4.60. The molecule has 0 spiro atoms. The molecule has 0 radical (unpaired) electrons. The highest BCUT2D eigenvalue weighted by atomic mass is 15.3. The van der Waals surface area contributed by atoms with Crippen molar-refractivity contribution < 1.29 is 0 Å². The molecular weight excluding hydrogens is 224 g/mol. The molecule has 4 nitrogen and oxygen atoms in total. The van der Waals surface area contributed by atoms with Crippen molar-refractivity contribution in [3.8, 4) is 6.07 Å². The van der Waals surface area contributed by atoms with Crippen molar-refractivity contribution in [3.05, 3.63) is 0 Å². The zero-order valence-corrected chi connectivity index (χ0v) is 11.6. The fourth-order valence-electron chi connectivity index (χ4n) is 2.68. The summed E-state index contributed by atoms with van der Waals surface area (Å²) in [6.07, 6.45) is 5.87. The Morgan fingerprint density at radius 1 is 1.22 bits per heavy atom. The summed E-state index contributed by atoms with van der Waals surface area (Å²) in [5, 5.41) is 8.84. The third-order valence-electron chi connectivity index (χ3n) is 4.15. The van der Waals surface area contributed by atoms with Crippen molar-refractivity contribution in [2.24, 2.45) is 5.73 Å². The summed E-state index contributed by atoms with van der Waals surface area (Å²) in [7, 11) is 0. The molecule has 2 N–H and O–H groups in total. The van der Waals surface area contributed by atoms with Gasteiger partial charge in [0.25, 0.3) is 0 Å². The Labute approximate surface area is 111 Å². The van der Waals surface area contributed by atoms with Gasteiger partial charge in [0.15, 0.2) is 0 Å². The number of rotatable bonds is 6. The first-order chi connectivity index (χ1) is 8.61. The summed E-state index contributed by atoms with van der Waals surface area (Å²) < 4.78 is 0. The van der Waals surface area contributed by atoms with E-state index < -0.39 is 5.54 Å². The van der Waals surface area contributed by atoms with Crippen molar-refractivity contribution in [3.63, 3.8) is 0 Å². The Hall–Kier alpha value is -0.630. The molecule has 1 heterocycles. The molecule has 1 aliphatic carbocycles. The van der Waals surface area contributed by atoms with Crippen molar-refractivity contribution in [2.75, 3.05) is 32.7 Å². The lowest BCUT2D eigenvalue weighted by molar-refractivity contribution is 0.124. The molecule has 1 aliphatic heterocycles. The number of nitriles is 1. The standard InChI is InChI=1S/C14H26N4/c1-14(16,12-15)6-2-3-7-17-8-10-18(11-9-17)13-4-5-13/h13H,2-11,16H2,1H3. The summed E-state index contributed by atoms with van der Waals surface area (Å²) in [6, 6.07) is 3.08. The van der Waals surface area contributed by atoms with Crippen LogP contribution in [0, 0.1) is 11.3 Å². The molecule has 18 heavy (non-hydrogen) atoms. The summed E-state index contributed by atoms with van der Waals surface area (Å²) in [5.74, 6) is 0. The average Bonchev–Trinajstić information content (AvgIpc) is 3.20. The van der Waals surface area contributed by atoms with E-state index >= 15 is 0 Å². The van der Waals surface area contributed by atoms with Gasteiger partial charge < -0.3 is 10.6 Å². The van der Waals surface area contributed by atoms with Gasteiger partial charge in [0.2, 0.25) is 0 Å². The number of hydrogen-bond acceptors (Lipinski definition) is 4. The van der Waals surface area contributed by atoms with Gasteiger partial charge in [0.1, 0.15) is 5.54 Å². The van der Waals surface area contributed by atoms with E-state index in [9.17, 15) is 0 Å². The first-order valence-corrected chi connectivity index (χ1v) is 7.27. The number of nitrogens with zero attached hydrogens (tertiary/aromatic N) is 3.